The lowest BCUT2D eigenvalue weighted by atomic mass is 10.0. The van der Waals surface area contributed by atoms with E-state index in [9.17, 15) is 9.59 Å². The van der Waals surface area contributed by atoms with Gasteiger partial charge in [-0.1, -0.05) is 54.6 Å². The first-order valence-corrected chi connectivity index (χ1v) is 8.50. The second-order valence-electron chi connectivity index (χ2n) is 5.98. The maximum Gasteiger partial charge on any atom is 0.340 e. The number of fused-ring (bicyclic) bond motifs is 3. The van der Waals surface area contributed by atoms with Crippen LogP contribution in [0.3, 0.4) is 0 Å². The molecule has 4 heteroatoms. The van der Waals surface area contributed by atoms with E-state index in [1.54, 1.807) is 19.2 Å². The molecule has 0 fully saturated rings. The lowest BCUT2D eigenvalue weighted by Crippen LogP contribution is -2.20. The smallest absolute Gasteiger partial charge is 0.340 e. The molecular weight excluding hydrogens is 326 g/mol. The molecule has 0 aliphatic heterocycles. The average molecular weight is 343 g/mol. The summed E-state index contributed by atoms with van der Waals surface area (Å²) in [5, 5.41) is 1.81. The van der Waals surface area contributed by atoms with Crippen molar-refractivity contribution in [3.05, 3.63) is 88.8 Å². The molecule has 0 amide bonds. The Balaban J connectivity index is 2.15. The molecule has 2 heterocycles. The number of carbonyl (C=O) groups excluding carboxylic acids is 1. The van der Waals surface area contributed by atoms with Gasteiger partial charge in [-0.2, -0.15) is 0 Å². The van der Waals surface area contributed by atoms with E-state index in [2.05, 4.69) is 0 Å². The molecule has 2 aromatic heterocycles. The van der Waals surface area contributed by atoms with Gasteiger partial charge in [0.2, 0.25) is 0 Å². The Kier molecular flexibility index (Phi) is 4.01. The van der Waals surface area contributed by atoms with Gasteiger partial charge in [0.05, 0.1) is 17.7 Å². The summed E-state index contributed by atoms with van der Waals surface area (Å²) >= 11 is 0. The van der Waals surface area contributed by atoms with E-state index in [1.807, 2.05) is 60.7 Å². The van der Waals surface area contributed by atoms with Crippen molar-refractivity contribution in [1.82, 2.24) is 4.40 Å². The maximum absolute atomic E-state index is 13.1. The predicted octanol–water partition coefficient (Wildman–Crippen LogP) is 4.30. The van der Waals surface area contributed by atoms with Gasteiger partial charge < -0.3 is 4.74 Å². The van der Waals surface area contributed by atoms with Crippen molar-refractivity contribution in [2.24, 2.45) is 0 Å². The van der Waals surface area contributed by atoms with E-state index in [-0.39, 0.29) is 12.2 Å². The molecule has 0 saturated heterocycles. The topological polar surface area (TPSA) is 47.8 Å². The van der Waals surface area contributed by atoms with Gasteiger partial charge in [-0.15, -0.1) is 0 Å². The third kappa shape index (κ3) is 2.56. The molecule has 4 rings (SSSR count). The minimum absolute atomic E-state index is 0.162. The third-order valence-electron chi connectivity index (χ3n) is 4.43. The van der Waals surface area contributed by atoms with Crippen molar-refractivity contribution in [3.63, 3.8) is 0 Å². The molecule has 0 bridgehead atoms. The van der Waals surface area contributed by atoms with Gasteiger partial charge in [0.15, 0.2) is 0 Å². The van der Waals surface area contributed by atoms with Crippen molar-refractivity contribution in [1.29, 1.82) is 0 Å². The minimum atomic E-state index is -0.432. The number of carbonyl (C=O) groups is 1. The van der Waals surface area contributed by atoms with Gasteiger partial charge in [0.25, 0.3) is 5.56 Å². The van der Waals surface area contributed by atoms with Gasteiger partial charge in [-0.3, -0.25) is 9.20 Å². The molecule has 0 radical (unpaired) electrons. The van der Waals surface area contributed by atoms with Crippen molar-refractivity contribution in [3.8, 4) is 11.1 Å². The molecule has 128 valence electrons. The van der Waals surface area contributed by atoms with Crippen LogP contribution in [0.25, 0.3) is 27.4 Å². The lowest BCUT2D eigenvalue weighted by Gasteiger charge is -2.13. The maximum atomic E-state index is 13.1. The fourth-order valence-electron chi connectivity index (χ4n) is 3.25. The Hall–Kier alpha value is -3.40. The number of aromatic nitrogens is 1. The highest BCUT2D eigenvalue weighted by molar-refractivity contribution is 6.08. The Bertz CT molecular complexity index is 1180. The van der Waals surface area contributed by atoms with Crippen LogP contribution in [-0.4, -0.2) is 17.0 Å². The van der Waals surface area contributed by atoms with Crippen LogP contribution in [0, 0.1) is 0 Å². The van der Waals surface area contributed by atoms with E-state index >= 15 is 0 Å². The van der Waals surface area contributed by atoms with Crippen LogP contribution in [0.15, 0.2) is 77.7 Å². The molecular formula is C22H17NO3. The van der Waals surface area contributed by atoms with Crippen LogP contribution < -0.4 is 5.56 Å². The van der Waals surface area contributed by atoms with Crippen molar-refractivity contribution in [2.45, 2.75) is 6.92 Å². The predicted molar refractivity (Wildman–Crippen MR) is 103 cm³/mol. The Morgan fingerprint density at radius 2 is 1.73 bits per heavy atom. The summed E-state index contributed by atoms with van der Waals surface area (Å²) in [5.74, 6) is -0.432. The van der Waals surface area contributed by atoms with Crippen LogP contribution in [0.4, 0.5) is 0 Å². The molecule has 26 heavy (non-hydrogen) atoms. The summed E-state index contributed by atoms with van der Waals surface area (Å²) in [5.41, 5.74) is 2.05. The Morgan fingerprint density at radius 3 is 2.50 bits per heavy atom. The Labute approximate surface area is 150 Å². The normalized spacial score (nSPS) is 11.0. The largest absolute Gasteiger partial charge is 0.462 e. The number of hydrogen-bond donors (Lipinski definition) is 0. The summed E-state index contributed by atoms with van der Waals surface area (Å²) in [4.78, 5) is 25.8. The zero-order chi connectivity index (χ0) is 18.1. The summed E-state index contributed by atoms with van der Waals surface area (Å²) in [6, 6.07) is 20.6. The van der Waals surface area contributed by atoms with Gasteiger partial charge >= 0.3 is 5.97 Å². The van der Waals surface area contributed by atoms with Crippen LogP contribution >= 0.6 is 0 Å². The van der Waals surface area contributed by atoms with Gasteiger partial charge in [0, 0.05) is 17.1 Å². The van der Waals surface area contributed by atoms with Crippen LogP contribution in [0.5, 0.6) is 0 Å². The zero-order valence-electron chi connectivity index (χ0n) is 14.3. The standard InChI is InChI=1S/C22H17NO3/c1-2-26-22(25)19-14-18(15-8-4-3-5-9-15)21(24)23-13-12-16-10-6-7-11-17(16)20(19)23/h3-14H,2H2,1H3. The summed E-state index contributed by atoms with van der Waals surface area (Å²) in [6.07, 6.45) is 1.72. The molecule has 0 saturated carbocycles. The SMILES string of the molecule is CCOC(=O)c1cc(-c2ccccc2)c(=O)n2ccc3ccccc3c12. The number of pyridine rings is 2. The summed E-state index contributed by atoms with van der Waals surface area (Å²) < 4.78 is 6.80. The average Bonchev–Trinajstić information content (AvgIpc) is 2.69. The van der Waals surface area contributed by atoms with Crippen LogP contribution in [0.2, 0.25) is 0 Å². The molecule has 0 unspecified atom stereocenters. The molecule has 2 aromatic carbocycles. The van der Waals surface area contributed by atoms with E-state index in [0.717, 1.165) is 16.3 Å². The second kappa shape index (κ2) is 6.48. The minimum Gasteiger partial charge on any atom is -0.462 e. The monoisotopic (exact) mass is 343 g/mol. The van der Waals surface area contributed by atoms with Crippen LogP contribution in [0.1, 0.15) is 17.3 Å². The fourth-order valence-corrected chi connectivity index (χ4v) is 3.25. The third-order valence-corrected chi connectivity index (χ3v) is 4.43. The number of ether oxygens (including phenoxy) is 1. The zero-order valence-corrected chi connectivity index (χ0v) is 14.3. The fraction of sp³-hybridized carbons (Fsp3) is 0.0909. The van der Waals surface area contributed by atoms with E-state index in [0.29, 0.717) is 16.6 Å². The highest BCUT2D eigenvalue weighted by Crippen LogP contribution is 2.26. The molecule has 0 aliphatic rings. The first-order chi connectivity index (χ1) is 12.7. The van der Waals surface area contributed by atoms with Crippen molar-refractivity contribution >= 4 is 22.3 Å². The number of nitrogens with zero attached hydrogens (tertiary/aromatic N) is 1. The van der Waals surface area contributed by atoms with Crippen molar-refractivity contribution < 1.29 is 9.53 Å². The van der Waals surface area contributed by atoms with Gasteiger partial charge in [-0.25, -0.2) is 4.79 Å². The molecule has 0 spiro atoms. The van der Waals surface area contributed by atoms with Crippen molar-refractivity contribution in [2.75, 3.05) is 6.61 Å². The number of benzene rings is 2. The Morgan fingerprint density at radius 1 is 1.00 bits per heavy atom. The molecule has 4 nitrogen and oxygen atoms in total. The van der Waals surface area contributed by atoms with E-state index in [1.165, 1.54) is 4.40 Å². The van der Waals surface area contributed by atoms with E-state index in [4.69, 9.17) is 4.74 Å². The number of esters is 1. The number of hydrogen-bond acceptors (Lipinski definition) is 3. The second-order valence-corrected chi connectivity index (χ2v) is 5.98. The molecule has 0 N–H and O–H groups in total. The first-order valence-electron chi connectivity index (χ1n) is 8.50. The van der Waals surface area contributed by atoms with Gasteiger partial charge in [-0.05, 0) is 30.0 Å². The lowest BCUT2D eigenvalue weighted by molar-refractivity contribution is 0.0528. The van der Waals surface area contributed by atoms with E-state index < -0.39 is 5.97 Å². The highest BCUT2D eigenvalue weighted by atomic mass is 16.5. The quantitative estimate of drug-likeness (QED) is 0.412. The van der Waals surface area contributed by atoms with Crippen LogP contribution in [-0.2, 0) is 4.74 Å². The number of rotatable bonds is 3. The molecule has 0 atom stereocenters. The highest BCUT2D eigenvalue weighted by Gasteiger charge is 2.19. The molecule has 4 aromatic rings. The first kappa shape index (κ1) is 16.1. The summed E-state index contributed by atoms with van der Waals surface area (Å²) in [7, 11) is 0. The van der Waals surface area contributed by atoms with Gasteiger partial charge in [0.1, 0.15) is 0 Å². The summed E-state index contributed by atoms with van der Waals surface area (Å²) in [6.45, 7) is 2.04. The molecule has 0 aliphatic carbocycles.